The molecule has 0 aliphatic carbocycles. The highest BCUT2D eigenvalue weighted by Crippen LogP contribution is 2.15. The first-order valence-corrected chi connectivity index (χ1v) is 21.8. The van der Waals surface area contributed by atoms with E-state index in [0.29, 0.717) is 19.4 Å². The Morgan fingerprint density at radius 1 is 0.661 bits per heavy atom. The summed E-state index contributed by atoms with van der Waals surface area (Å²) in [5.74, 6) is -8.62. The van der Waals surface area contributed by atoms with Crippen LogP contribution in [-0.2, 0) is 43.1 Å². The number of aliphatic hydroxyl groups excluding tert-OH is 2. The lowest BCUT2D eigenvalue weighted by atomic mass is 9.98. The maximum atomic E-state index is 13.9. The van der Waals surface area contributed by atoms with Crippen LogP contribution in [0.25, 0.3) is 0 Å². The predicted molar refractivity (Wildman–Crippen MR) is 230 cm³/mol. The molecule has 0 radical (unpaired) electrons. The van der Waals surface area contributed by atoms with Crippen molar-refractivity contribution >= 4 is 53.3 Å². The molecule has 62 heavy (non-hydrogen) atoms. The molecule has 0 spiro atoms. The molecule has 0 unspecified atom stereocenters. The van der Waals surface area contributed by atoms with Gasteiger partial charge in [-0.3, -0.25) is 38.6 Å². The Labute approximate surface area is 365 Å². The molecule has 0 aromatic heterocycles. The average Bonchev–Trinajstić information content (AvgIpc) is 3.16. The largest absolute Gasteiger partial charge is 0.458 e. The number of guanidine groups is 1. The molecular formula is C41H74N10O11. The number of aliphatic imine (C=N–C) groups is 1. The number of esters is 1. The van der Waals surface area contributed by atoms with E-state index in [-0.39, 0.29) is 12.4 Å². The van der Waals surface area contributed by atoms with Crippen molar-refractivity contribution in [2.75, 3.05) is 6.54 Å². The van der Waals surface area contributed by atoms with Gasteiger partial charge >= 0.3 is 5.97 Å². The summed E-state index contributed by atoms with van der Waals surface area (Å²) in [6.45, 7) is 10.8. The number of unbranched alkanes of at least 4 members (excludes halogenated alkanes) is 9. The normalized spacial score (nSPS) is 24.5. The zero-order chi connectivity index (χ0) is 47.1. The van der Waals surface area contributed by atoms with Gasteiger partial charge in [-0.2, -0.15) is 0 Å². The van der Waals surface area contributed by atoms with Crippen molar-refractivity contribution in [3.05, 3.63) is 0 Å². The second kappa shape index (κ2) is 28.5. The predicted octanol–water partition coefficient (Wildman–Crippen LogP) is -1.26. The van der Waals surface area contributed by atoms with Gasteiger partial charge in [-0.15, -0.1) is 0 Å². The lowest BCUT2D eigenvalue weighted by Crippen LogP contribution is -2.63. The molecule has 1 aliphatic rings. The minimum absolute atomic E-state index is 0.112. The van der Waals surface area contributed by atoms with Crippen LogP contribution >= 0.6 is 0 Å². The smallest absolute Gasteiger partial charge is 0.328 e. The third-order valence-electron chi connectivity index (χ3n) is 10.3. The Hall–Kier alpha value is -5.05. The first-order valence-electron chi connectivity index (χ1n) is 21.8. The number of hydrogen-bond acceptors (Lipinski definition) is 12. The Morgan fingerprint density at radius 3 is 1.61 bits per heavy atom. The topological polar surface area (TPSA) is 349 Å². The molecule has 0 saturated carbocycles. The summed E-state index contributed by atoms with van der Waals surface area (Å²) in [5, 5.41) is 35.8. The van der Waals surface area contributed by atoms with Crippen molar-refractivity contribution in [1.82, 2.24) is 31.9 Å². The molecule has 1 rings (SSSR count). The Kier molecular flexibility index (Phi) is 25.3. The van der Waals surface area contributed by atoms with Crippen LogP contribution in [0.5, 0.6) is 0 Å². The first kappa shape index (κ1) is 55.0. The summed E-state index contributed by atoms with van der Waals surface area (Å²) in [6, 6.07) is -8.99. The maximum Gasteiger partial charge on any atom is 0.328 e. The highest BCUT2D eigenvalue weighted by Gasteiger charge is 2.39. The molecule has 354 valence electrons. The van der Waals surface area contributed by atoms with Crippen molar-refractivity contribution in [1.29, 1.82) is 0 Å². The van der Waals surface area contributed by atoms with Gasteiger partial charge in [0.25, 0.3) is 0 Å². The standard InChI is InChI=1S/C41H74N10O11/c1-22(2)31-36(57)49-32(23(3)4)37(58)51-33(25(6)52)38(59)47-28(21-29(42)54)35(56)46-24(5)40(61)62-26(7)34(39(60)50-31)48-30(55)20-27(53)18-16-14-12-10-8-9-11-13-15-17-19-45-41(43)44/h22-28,31-34,52-53H,8-21H2,1-7H3,(H2,42,54)(H,46,56)(H,47,59)(H,48,55)(H,49,57)(H,50,60)(H,51,58)(H4,43,44,45)/t24-,25-,26-,27+,28-,31-,32+,33-,34+/m1/s1. The van der Waals surface area contributed by atoms with Gasteiger partial charge in [-0.25, -0.2) is 4.79 Å². The van der Waals surface area contributed by atoms with E-state index in [1.54, 1.807) is 27.7 Å². The van der Waals surface area contributed by atoms with Gasteiger partial charge in [-0.05, 0) is 45.4 Å². The zero-order valence-electron chi connectivity index (χ0n) is 37.5. The van der Waals surface area contributed by atoms with E-state index in [2.05, 4.69) is 36.9 Å². The van der Waals surface area contributed by atoms with Gasteiger partial charge in [0.2, 0.25) is 41.4 Å². The van der Waals surface area contributed by atoms with Crippen LogP contribution in [-0.4, -0.2) is 125 Å². The van der Waals surface area contributed by atoms with Crippen LogP contribution in [0.15, 0.2) is 4.99 Å². The Morgan fingerprint density at radius 2 is 1.13 bits per heavy atom. The number of rotatable bonds is 21. The molecule has 1 saturated heterocycles. The third kappa shape index (κ3) is 21.2. The van der Waals surface area contributed by atoms with Crippen LogP contribution in [0.4, 0.5) is 0 Å². The van der Waals surface area contributed by atoms with Crippen LogP contribution in [0, 0.1) is 11.8 Å². The van der Waals surface area contributed by atoms with Gasteiger partial charge in [0, 0.05) is 6.54 Å². The van der Waals surface area contributed by atoms with Crippen molar-refractivity contribution in [2.45, 2.75) is 186 Å². The lowest BCUT2D eigenvalue weighted by Gasteiger charge is -2.31. The van der Waals surface area contributed by atoms with Crippen molar-refractivity contribution in [3.63, 3.8) is 0 Å². The molecule has 0 bridgehead atoms. The molecule has 21 heteroatoms. The second-order valence-electron chi connectivity index (χ2n) is 16.8. The van der Waals surface area contributed by atoms with E-state index in [1.807, 2.05) is 0 Å². The molecule has 1 fully saturated rings. The molecule has 1 aliphatic heterocycles. The number of carbonyl (C=O) groups is 8. The fraction of sp³-hybridized carbons (Fsp3) is 0.780. The number of cyclic esters (lactones) is 1. The van der Waals surface area contributed by atoms with Gasteiger partial charge in [0.1, 0.15) is 42.4 Å². The van der Waals surface area contributed by atoms with Crippen LogP contribution < -0.4 is 49.1 Å². The minimum atomic E-state index is -1.68. The van der Waals surface area contributed by atoms with Gasteiger partial charge in [0.05, 0.1) is 25.0 Å². The fourth-order valence-corrected chi connectivity index (χ4v) is 6.66. The summed E-state index contributed by atoms with van der Waals surface area (Å²) in [4.78, 5) is 110. The van der Waals surface area contributed by atoms with Crippen LogP contribution in [0.3, 0.4) is 0 Å². The van der Waals surface area contributed by atoms with Crippen molar-refractivity contribution < 1.29 is 53.3 Å². The zero-order valence-corrected chi connectivity index (χ0v) is 37.5. The molecule has 9 atom stereocenters. The molecular weight excluding hydrogens is 809 g/mol. The number of nitrogens with two attached hydrogens (primary N) is 3. The summed E-state index contributed by atoms with van der Waals surface area (Å²) in [6.07, 6.45) is 5.31. The van der Waals surface area contributed by atoms with Crippen molar-refractivity contribution in [3.8, 4) is 0 Å². The van der Waals surface area contributed by atoms with Gasteiger partial charge in [0.15, 0.2) is 5.96 Å². The summed E-state index contributed by atoms with van der Waals surface area (Å²) in [7, 11) is 0. The second-order valence-corrected chi connectivity index (χ2v) is 16.8. The van der Waals surface area contributed by atoms with Gasteiger partial charge in [-0.1, -0.05) is 85.5 Å². The van der Waals surface area contributed by atoms with E-state index < -0.39 is 120 Å². The van der Waals surface area contributed by atoms with Crippen LogP contribution in [0.2, 0.25) is 0 Å². The number of hydrogen-bond donors (Lipinski definition) is 11. The van der Waals surface area contributed by atoms with E-state index in [0.717, 1.165) is 57.8 Å². The monoisotopic (exact) mass is 883 g/mol. The number of amides is 7. The van der Waals surface area contributed by atoms with E-state index >= 15 is 0 Å². The maximum absolute atomic E-state index is 13.9. The van der Waals surface area contributed by atoms with E-state index in [9.17, 15) is 48.6 Å². The number of nitrogens with one attached hydrogen (secondary N) is 6. The summed E-state index contributed by atoms with van der Waals surface area (Å²) in [5.41, 5.74) is 16.0. The number of primary amides is 1. The molecule has 0 aromatic carbocycles. The highest BCUT2D eigenvalue weighted by molar-refractivity contribution is 5.98. The Bertz CT molecular complexity index is 1520. The quantitative estimate of drug-likeness (QED) is 0.0278. The SMILES string of the molecule is CC(C)[C@@H]1NC(=O)[C@@H](C(C)C)NC(=O)[C@@H](NC(=O)C[C@@H](O)CCCCCCCCCCCCN=C(N)N)[C@@H](C)OC(=O)[C@@H](C)NC(=O)[C@@H](CC(N)=O)NC(=O)[C@@H]([C@@H](C)O)NC1=O. The van der Waals surface area contributed by atoms with Crippen LogP contribution in [0.1, 0.15) is 132 Å². The molecule has 0 aromatic rings. The summed E-state index contributed by atoms with van der Waals surface area (Å²) < 4.78 is 5.52. The Balaban J connectivity index is 3.18. The van der Waals surface area contributed by atoms with E-state index in [1.165, 1.54) is 20.8 Å². The molecule has 7 amide bonds. The van der Waals surface area contributed by atoms with Gasteiger partial charge < -0.3 is 64.1 Å². The molecule has 21 nitrogen and oxygen atoms in total. The third-order valence-corrected chi connectivity index (χ3v) is 10.3. The first-order chi connectivity index (χ1) is 29.0. The number of aliphatic hydroxyl groups is 2. The van der Waals surface area contributed by atoms with E-state index in [4.69, 9.17) is 21.9 Å². The van der Waals surface area contributed by atoms with Crippen molar-refractivity contribution in [2.24, 2.45) is 34.0 Å². The molecule has 14 N–H and O–H groups in total. The fourth-order valence-electron chi connectivity index (χ4n) is 6.66. The molecule has 1 heterocycles. The number of carbonyl (C=O) groups excluding carboxylic acids is 8. The number of nitrogens with zero attached hydrogens (tertiary/aromatic N) is 1. The number of ether oxygens (including phenoxy) is 1. The average molecular weight is 883 g/mol. The minimum Gasteiger partial charge on any atom is -0.458 e. The highest BCUT2D eigenvalue weighted by atomic mass is 16.5. The summed E-state index contributed by atoms with van der Waals surface area (Å²) >= 11 is 0. The lowest BCUT2D eigenvalue weighted by molar-refractivity contribution is -0.155.